The number of benzene rings is 3. The predicted molar refractivity (Wildman–Crippen MR) is 96.6 cm³/mol. The first-order chi connectivity index (χ1) is 12.2. The third-order valence-corrected chi connectivity index (χ3v) is 3.71. The lowest BCUT2D eigenvalue weighted by molar-refractivity contribution is 0.0951. The fourth-order valence-corrected chi connectivity index (χ4v) is 2.55. The average molecular weight is 336 g/mol. The molecule has 5 heteroatoms. The second-order valence-electron chi connectivity index (χ2n) is 5.31. The van der Waals surface area contributed by atoms with Crippen LogP contribution in [0.4, 0.5) is 4.39 Å². The molecule has 0 saturated heterocycles. The highest BCUT2D eigenvalue weighted by Crippen LogP contribution is 2.26. The number of amides is 1. The van der Waals surface area contributed by atoms with E-state index in [0.29, 0.717) is 12.4 Å². The van der Waals surface area contributed by atoms with Gasteiger partial charge in [0.25, 0.3) is 5.91 Å². The molecule has 0 bridgehead atoms. The van der Waals surface area contributed by atoms with Crippen LogP contribution in [0.25, 0.3) is 10.8 Å². The molecule has 25 heavy (non-hydrogen) atoms. The van der Waals surface area contributed by atoms with Crippen LogP contribution in [0.3, 0.4) is 0 Å². The highest BCUT2D eigenvalue weighted by molar-refractivity contribution is 6.03. The fraction of sp³-hybridized carbons (Fsp3) is 0.100. The Labute approximate surface area is 144 Å². The first-order valence-corrected chi connectivity index (χ1v) is 7.93. The van der Waals surface area contributed by atoms with E-state index >= 15 is 0 Å². The molecule has 0 saturated carbocycles. The van der Waals surface area contributed by atoms with Crippen LogP contribution in [0.1, 0.15) is 22.8 Å². The first-order valence-electron chi connectivity index (χ1n) is 7.93. The summed E-state index contributed by atoms with van der Waals surface area (Å²) >= 11 is 0. The van der Waals surface area contributed by atoms with E-state index in [2.05, 4.69) is 10.5 Å². The Morgan fingerprint density at radius 2 is 1.88 bits per heavy atom. The van der Waals surface area contributed by atoms with Gasteiger partial charge in [-0.15, -0.1) is 0 Å². The van der Waals surface area contributed by atoms with E-state index in [1.165, 1.54) is 24.4 Å². The number of carbonyl (C=O) groups is 1. The van der Waals surface area contributed by atoms with E-state index in [0.717, 1.165) is 16.3 Å². The minimum Gasteiger partial charge on any atom is -0.493 e. The van der Waals surface area contributed by atoms with E-state index in [1.807, 2.05) is 43.3 Å². The smallest absolute Gasteiger partial charge is 0.274 e. The molecule has 0 heterocycles. The normalized spacial score (nSPS) is 11.0. The standard InChI is InChI=1S/C20H17FN2O2/c1-2-25-19-12-11-14-7-3-4-8-15(14)17(19)13-22-23-20(24)16-9-5-6-10-18(16)21/h3-13H,2H2,1H3,(H,23,24)/b22-13-. The van der Waals surface area contributed by atoms with Crippen molar-refractivity contribution in [1.82, 2.24) is 5.43 Å². The molecule has 1 N–H and O–H groups in total. The maximum absolute atomic E-state index is 13.6. The fourth-order valence-electron chi connectivity index (χ4n) is 2.55. The van der Waals surface area contributed by atoms with Crippen molar-refractivity contribution in [3.05, 3.63) is 77.6 Å². The van der Waals surface area contributed by atoms with Gasteiger partial charge in [-0.1, -0.05) is 42.5 Å². The van der Waals surface area contributed by atoms with Crippen LogP contribution in [0, 0.1) is 5.82 Å². The van der Waals surface area contributed by atoms with Gasteiger partial charge in [0.15, 0.2) is 0 Å². The van der Waals surface area contributed by atoms with Gasteiger partial charge in [0, 0.05) is 5.56 Å². The van der Waals surface area contributed by atoms with E-state index in [1.54, 1.807) is 6.07 Å². The maximum atomic E-state index is 13.6. The number of rotatable bonds is 5. The van der Waals surface area contributed by atoms with Crippen molar-refractivity contribution in [3.63, 3.8) is 0 Å². The van der Waals surface area contributed by atoms with E-state index in [-0.39, 0.29) is 5.56 Å². The Bertz CT molecular complexity index is 938. The van der Waals surface area contributed by atoms with Gasteiger partial charge in [-0.25, -0.2) is 9.82 Å². The Kier molecular flexibility index (Phi) is 5.04. The zero-order valence-corrected chi connectivity index (χ0v) is 13.7. The Morgan fingerprint density at radius 3 is 2.68 bits per heavy atom. The number of carbonyl (C=O) groups excluding carboxylic acids is 1. The molecule has 1 amide bonds. The number of hydrogen-bond acceptors (Lipinski definition) is 3. The molecule has 0 fully saturated rings. The van der Waals surface area contributed by atoms with Crippen molar-refractivity contribution in [3.8, 4) is 5.75 Å². The third-order valence-electron chi connectivity index (χ3n) is 3.71. The van der Waals surface area contributed by atoms with Crippen LogP contribution < -0.4 is 10.2 Å². The molecule has 3 aromatic carbocycles. The number of hydrazone groups is 1. The molecule has 126 valence electrons. The largest absolute Gasteiger partial charge is 0.493 e. The molecule has 3 aromatic rings. The zero-order chi connectivity index (χ0) is 17.6. The van der Waals surface area contributed by atoms with Gasteiger partial charge in [-0.05, 0) is 35.9 Å². The van der Waals surface area contributed by atoms with Crippen molar-refractivity contribution >= 4 is 22.9 Å². The average Bonchev–Trinajstić information content (AvgIpc) is 2.63. The van der Waals surface area contributed by atoms with Crippen LogP contribution in [0.2, 0.25) is 0 Å². The Morgan fingerprint density at radius 1 is 1.12 bits per heavy atom. The van der Waals surface area contributed by atoms with Crippen LogP contribution >= 0.6 is 0 Å². The quantitative estimate of drug-likeness (QED) is 0.562. The summed E-state index contributed by atoms with van der Waals surface area (Å²) in [6.45, 7) is 2.41. The Hall–Kier alpha value is -3.21. The molecule has 0 aliphatic carbocycles. The number of fused-ring (bicyclic) bond motifs is 1. The lowest BCUT2D eigenvalue weighted by atomic mass is 10.0. The lowest BCUT2D eigenvalue weighted by Gasteiger charge is -2.10. The number of nitrogens with one attached hydrogen (secondary N) is 1. The van der Waals surface area contributed by atoms with Crippen LogP contribution in [0.5, 0.6) is 5.75 Å². The summed E-state index contributed by atoms with van der Waals surface area (Å²) in [6, 6.07) is 17.4. The number of nitrogens with zero attached hydrogens (tertiary/aromatic N) is 1. The zero-order valence-electron chi connectivity index (χ0n) is 13.7. The molecule has 4 nitrogen and oxygen atoms in total. The van der Waals surface area contributed by atoms with Crippen molar-refractivity contribution in [2.75, 3.05) is 6.61 Å². The molecule has 0 aliphatic heterocycles. The van der Waals surface area contributed by atoms with Crippen LogP contribution in [-0.2, 0) is 0 Å². The molecular weight excluding hydrogens is 319 g/mol. The SMILES string of the molecule is CCOc1ccc2ccccc2c1/C=N\NC(=O)c1ccccc1F. The van der Waals surface area contributed by atoms with E-state index < -0.39 is 11.7 Å². The second kappa shape index (κ2) is 7.57. The highest BCUT2D eigenvalue weighted by Gasteiger charge is 2.10. The number of ether oxygens (including phenoxy) is 1. The minimum atomic E-state index is -0.604. The van der Waals surface area contributed by atoms with Gasteiger partial charge >= 0.3 is 0 Å². The van der Waals surface area contributed by atoms with Gasteiger partial charge in [0.05, 0.1) is 18.4 Å². The molecule has 0 aromatic heterocycles. The topological polar surface area (TPSA) is 50.7 Å². The summed E-state index contributed by atoms with van der Waals surface area (Å²) in [6.07, 6.45) is 1.52. The molecule has 3 rings (SSSR count). The highest BCUT2D eigenvalue weighted by atomic mass is 19.1. The van der Waals surface area contributed by atoms with E-state index in [9.17, 15) is 9.18 Å². The third kappa shape index (κ3) is 3.66. The summed E-state index contributed by atoms with van der Waals surface area (Å²) in [7, 11) is 0. The van der Waals surface area contributed by atoms with Gasteiger partial charge in [0.1, 0.15) is 11.6 Å². The van der Waals surface area contributed by atoms with Crippen LogP contribution in [-0.4, -0.2) is 18.7 Å². The van der Waals surface area contributed by atoms with E-state index in [4.69, 9.17) is 4.74 Å². The minimum absolute atomic E-state index is 0.0531. The Balaban J connectivity index is 1.89. The molecule has 0 spiro atoms. The monoisotopic (exact) mass is 336 g/mol. The second-order valence-corrected chi connectivity index (χ2v) is 5.31. The van der Waals surface area contributed by atoms with Gasteiger partial charge in [-0.3, -0.25) is 4.79 Å². The molecule has 0 unspecified atom stereocenters. The van der Waals surface area contributed by atoms with Crippen molar-refractivity contribution in [2.24, 2.45) is 5.10 Å². The summed E-state index contributed by atoms with van der Waals surface area (Å²) in [5.41, 5.74) is 3.06. The molecule has 0 radical (unpaired) electrons. The number of halogens is 1. The summed E-state index contributed by atoms with van der Waals surface area (Å²) in [4.78, 5) is 12.0. The van der Waals surface area contributed by atoms with Crippen LogP contribution in [0.15, 0.2) is 65.8 Å². The van der Waals surface area contributed by atoms with Gasteiger partial charge in [-0.2, -0.15) is 5.10 Å². The number of hydrogen-bond donors (Lipinski definition) is 1. The van der Waals surface area contributed by atoms with Crippen molar-refractivity contribution < 1.29 is 13.9 Å². The summed E-state index contributed by atoms with van der Waals surface area (Å²) in [5, 5.41) is 5.97. The molecule has 0 atom stereocenters. The maximum Gasteiger partial charge on any atom is 0.274 e. The predicted octanol–water partition coefficient (Wildman–Crippen LogP) is 4.14. The summed E-state index contributed by atoms with van der Waals surface area (Å²) in [5.74, 6) is -0.520. The van der Waals surface area contributed by atoms with Gasteiger partial charge < -0.3 is 4.74 Å². The van der Waals surface area contributed by atoms with Crippen molar-refractivity contribution in [2.45, 2.75) is 6.92 Å². The lowest BCUT2D eigenvalue weighted by Crippen LogP contribution is -2.19. The van der Waals surface area contributed by atoms with Crippen molar-refractivity contribution in [1.29, 1.82) is 0 Å². The summed E-state index contributed by atoms with van der Waals surface area (Å²) < 4.78 is 19.3. The first kappa shape index (κ1) is 16.6. The molecule has 0 aliphatic rings. The molecular formula is C20H17FN2O2. The van der Waals surface area contributed by atoms with Gasteiger partial charge in [0.2, 0.25) is 0 Å².